The molecule has 0 aliphatic carbocycles. The van der Waals surface area contributed by atoms with Gasteiger partial charge in [0, 0.05) is 6.20 Å². The quantitative estimate of drug-likeness (QED) is 0.405. The number of nitrogens with zero attached hydrogens (tertiary/aromatic N) is 5. The fraction of sp³-hybridized carbons (Fsp3) is 0.208. The fourth-order valence-electron chi connectivity index (χ4n) is 3.84. The maximum Gasteiger partial charge on any atom is 0.194 e. The van der Waals surface area contributed by atoms with E-state index in [1.54, 1.807) is 24.2 Å². The molecule has 0 saturated carbocycles. The first kappa shape index (κ1) is 21.9. The van der Waals surface area contributed by atoms with Crippen LogP contribution in [0, 0.1) is 24.4 Å². The number of methoxy groups -OCH3 is 1. The number of hydrogen-bond donors (Lipinski definition) is 0. The van der Waals surface area contributed by atoms with Crippen molar-refractivity contribution in [1.82, 2.24) is 24.3 Å². The van der Waals surface area contributed by atoms with Gasteiger partial charge in [0.1, 0.15) is 11.9 Å². The van der Waals surface area contributed by atoms with Crippen LogP contribution in [-0.4, -0.2) is 38.0 Å². The number of rotatable bonds is 5. The highest BCUT2D eigenvalue weighted by Gasteiger charge is 2.28. The zero-order valence-electron chi connectivity index (χ0n) is 18.4. The van der Waals surface area contributed by atoms with Crippen molar-refractivity contribution in [2.24, 2.45) is 0 Å². The summed E-state index contributed by atoms with van der Waals surface area (Å²) < 4.78 is 55.6. The number of imidazole rings is 1. The summed E-state index contributed by atoms with van der Waals surface area (Å²) in [6.07, 6.45) is 6.33. The van der Waals surface area contributed by atoms with E-state index in [4.69, 9.17) is 9.47 Å². The summed E-state index contributed by atoms with van der Waals surface area (Å²) in [7, 11) is 1.60. The molecule has 3 heterocycles. The highest BCUT2D eigenvalue weighted by Crippen LogP contribution is 2.30. The molecular formula is C24H20F3N5O2. The van der Waals surface area contributed by atoms with Crippen LogP contribution >= 0.6 is 0 Å². The van der Waals surface area contributed by atoms with E-state index in [1.165, 1.54) is 0 Å². The summed E-state index contributed by atoms with van der Waals surface area (Å²) in [5.41, 5.74) is 2.75. The van der Waals surface area contributed by atoms with Gasteiger partial charge in [0.2, 0.25) is 0 Å². The summed E-state index contributed by atoms with van der Waals surface area (Å²) in [6, 6.07) is 7.56. The van der Waals surface area contributed by atoms with Gasteiger partial charge in [0.15, 0.2) is 29.1 Å². The highest BCUT2D eigenvalue weighted by atomic mass is 19.2. The zero-order chi connectivity index (χ0) is 23.8. The highest BCUT2D eigenvalue weighted by molar-refractivity contribution is 5.69. The number of ether oxygens (including phenoxy) is 2. The van der Waals surface area contributed by atoms with Crippen molar-refractivity contribution in [2.75, 3.05) is 13.7 Å². The van der Waals surface area contributed by atoms with Crippen molar-refractivity contribution in [2.45, 2.75) is 19.6 Å². The van der Waals surface area contributed by atoms with Crippen molar-refractivity contribution < 1.29 is 22.6 Å². The van der Waals surface area contributed by atoms with Gasteiger partial charge in [-0.15, -0.1) is 0 Å². The third kappa shape index (κ3) is 4.08. The Labute approximate surface area is 193 Å². The van der Waals surface area contributed by atoms with Gasteiger partial charge >= 0.3 is 0 Å². The molecule has 0 bridgehead atoms. The van der Waals surface area contributed by atoms with Gasteiger partial charge in [-0.25, -0.2) is 27.8 Å². The van der Waals surface area contributed by atoms with Gasteiger partial charge in [-0.3, -0.25) is 0 Å². The third-order valence-electron chi connectivity index (χ3n) is 5.47. The molecule has 34 heavy (non-hydrogen) atoms. The average molecular weight is 467 g/mol. The van der Waals surface area contributed by atoms with E-state index in [0.29, 0.717) is 23.9 Å². The van der Waals surface area contributed by atoms with E-state index in [-0.39, 0.29) is 12.2 Å². The van der Waals surface area contributed by atoms with Crippen LogP contribution < -0.4 is 4.74 Å². The molecule has 0 N–H and O–H groups in total. The number of aromatic nitrogens is 5. The largest absolute Gasteiger partial charge is 0.495 e. The van der Waals surface area contributed by atoms with Crippen molar-refractivity contribution in [1.29, 1.82) is 0 Å². The molecule has 10 heteroatoms. The average Bonchev–Trinajstić information content (AvgIpc) is 3.46. The van der Waals surface area contributed by atoms with Gasteiger partial charge in [-0.05, 0) is 48.4 Å². The summed E-state index contributed by atoms with van der Waals surface area (Å²) in [5.74, 6) is -2.61. The lowest BCUT2D eigenvalue weighted by molar-refractivity contribution is 0.0385. The SMILES string of the molecule is COc1cc(/C=C/c2nc3n(n2)CCO[C@H]3c2cc(F)c(F)c(F)c2)ccc1-n1cnc(C)c1. The fourth-order valence-corrected chi connectivity index (χ4v) is 3.84. The van der Waals surface area contributed by atoms with Crippen LogP contribution in [0.3, 0.4) is 0 Å². The molecule has 0 amide bonds. The number of hydrogen-bond acceptors (Lipinski definition) is 5. The first-order valence-corrected chi connectivity index (χ1v) is 10.5. The zero-order valence-corrected chi connectivity index (χ0v) is 18.4. The number of aryl methyl sites for hydroxylation is 1. The Balaban J connectivity index is 1.42. The molecule has 0 saturated heterocycles. The molecule has 1 aliphatic heterocycles. The van der Waals surface area contributed by atoms with Crippen LogP contribution in [0.15, 0.2) is 42.9 Å². The third-order valence-corrected chi connectivity index (χ3v) is 5.47. The Hall–Kier alpha value is -3.92. The molecule has 1 aliphatic rings. The first-order valence-electron chi connectivity index (χ1n) is 10.5. The molecule has 4 aromatic rings. The maximum absolute atomic E-state index is 13.7. The van der Waals surface area contributed by atoms with Crippen molar-refractivity contribution in [3.05, 3.63) is 88.8 Å². The predicted octanol–water partition coefficient (Wildman–Crippen LogP) is 4.49. The minimum atomic E-state index is -1.52. The van der Waals surface area contributed by atoms with E-state index in [1.807, 2.05) is 42.0 Å². The standard InChI is InChI=1S/C24H20F3N5O2/c1-14-12-31(13-28-14)19-5-3-15(9-20(19)33-2)4-6-21-29-24-23(34-8-7-32(24)30-21)16-10-17(25)22(27)18(26)11-16/h3-6,9-13,23H,7-8H2,1-2H3/b6-4+/t23-/m0/s1. The van der Waals surface area contributed by atoms with Gasteiger partial charge in [-0.2, -0.15) is 5.10 Å². The second-order valence-electron chi connectivity index (χ2n) is 7.79. The maximum atomic E-state index is 13.7. The van der Waals surface area contributed by atoms with E-state index in [2.05, 4.69) is 15.1 Å². The molecule has 0 fully saturated rings. The monoisotopic (exact) mass is 467 g/mol. The molecule has 7 nitrogen and oxygen atoms in total. The minimum absolute atomic E-state index is 0.135. The molecule has 0 radical (unpaired) electrons. The Kier molecular flexibility index (Phi) is 5.66. The van der Waals surface area contributed by atoms with Crippen LogP contribution in [0.2, 0.25) is 0 Å². The minimum Gasteiger partial charge on any atom is -0.495 e. The second kappa shape index (κ2) is 8.79. The summed E-state index contributed by atoms with van der Waals surface area (Å²) in [4.78, 5) is 8.72. The number of benzene rings is 2. The van der Waals surface area contributed by atoms with Crippen molar-refractivity contribution in [3.63, 3.8) is 0 Å². The molecule has 2 aromatic heterocycles. The molecule has 5 rings (SSSR count). The van der Waals surface area contributed by atoms with Crippen LogP contribution in [0.25, 0.3) is 17.8 Å². The lowest BCUT2D eigenvalue weighted by Crippen LogP contribution is -2.24. The number of halogens is 3. The van der Waals surface area contributed by atoms with Gasteiger partial charge < -0.3 is 14.0 Å². The molecule has 0 spiro atoms. The lowest BCUT2D eigenvalue weighted by Gasteiger charge is -2.23. The van der Waals surface area contributed by atoms with Gasteiger partial charge in [-0.1, -0.05) is 12.1 Å². The summed E-state index contributed by atoms with van der Waals surface area (Å²) >= 11 is 0. The second-order valence-corrected chi connectivity index (χ2v) is 7.79. The van der Waals surface area contributed by atoms with Crippen LogP contribution in [0.1, 0.15) is 34.6 Å². The Morgan fingerprint density at radius 3 is 2.62 bits per heavy atom. The summed E-state index contributed by atoms with van der Waals surface area (Å²) in [5, 5.41) is 4.45. The topological polar surface area (TPSA) is 67.0 Å². The van der Waals surface area contributed by atoms with E-state index in [0.717, 1.165) is 29.1 Å². The normalized spacial score (nSPS) is 15.6. The van der Waals surface area contributed by atoms with E-state index in [9.17, 15) is 13.2 Å². The van der Waals surface area contributed by atoms with Crippen LogP contribution in [0.4, 0.5) is 13.2 Å². The van der Waals surface area contributed by atoms with E-state index < -0.39 is 23.6 Å². The van der Waals surface area contributed by atoms with Gasteiger partial charge in [0.25, 0.3) is 0 Å². The van der Waals surface area contributed by atoms with E-state index >= 15 is 0 Å². The Morgan fingerprint density at radius 1 is 1.12 bits per heavy atom. The van der Waals surface area contributed by atoms with Crippen LogP contribution in [0.5, 0.6) is 5.75 Å². The number of fused-ring (bicyclic) bond motifs is 1. The molecule has 0 unspecified atom stereocenters. The molecular weight excluding hydrogens is 447 g/mol. The Bertz CT molecular complexity index is 1370. The predicted molar refractivity (Wildman–Crippen MR) is 118 cm³/mol. The Morgan fingerprint density at radius 2 is 1.91 bits per heavy atom. The van der Waals surface area contributed by atoms with Crippen LogP contribution in [-0.2, 0) is 11.3 Å². The van der Waals surface area contributed by atoms with Gasteiger partial charge in [0.05, 0.1) is 38.0 Å². The summed E-state index contributed by atoms with van der Waals surface area (Å²) in [6.45, 7) is 2.62. The van der Waals surface area contributed by atoms with Crippen molar-refractivity contribution >= 4 is 12.2 Å². The lowest BCUT2D eigenvalue weighted by atomic mass is 10.1. The van der Waals surface area contributed by atoms with Crippen molar-refractivity contribution in [3.8, 4) is 11.4 Å². The first-order chi connectivity index (χ1) is 16.4. The molecule has 174 valence electrons. The molecule has 2 aromatic carbocycles. The smallest absolute Gasteiger partial charge is 0.194 e. The molecule has 1 atom stereocenters.